The fourth-order valence-corrected chi connectivity index (χ4v) is 3.67. The summed E-state index contributed by atoms with van der Waals surface area (Å²) in [4.78, 5) is 17.4. The number of hydrogen-bond acceptors (Lipinski definition) is 3. The standard InChI is InChI=1S/C25H19F3N2O/c1-2-29-18-11-6-10-17(14-18)22-19-12-7-13-21(25(26,27)28)23(19)30-15-20(22)24(31)16-8-4-3-5-9-16/h3-15,29H,2H2,1H3. The average molecular weight is 420 g/mol. The summed E-state index contributed by atoms with van der Waals surface area (Å²) in [6.07, 6.45) is -3.30. The third-order valence-electron chi connectivity index (χ3n) is 5.02. The second-order valence-electron chi connectivity index (χ2n) is 7.05. The van der Waals surface area contributed by atoms with Crippen LogP contribution in [0.1, 0.15) is 28.4 Å². The summed E-state index contributed by atoms with van der Waals surface area (Å²) < 4.78 is 40.9. The lowest BCUT2D eigenvalue weighted by Crippen LogP contribution is -2.09. The van der Waals surface area contributed by atoms with E-state index >= 15 is 0 Å². The van der Waals surface area contributed by atoms with Crippen molar-refractivity contribution in [2.45, 2.75) is 13.1 Å². The minimum Gasteiger partial charge on any atom is -0.385 e. The number of rotatable bonds is 5. The smallest absolute Gasteiger partial charge is 0.385 e. The molecule has 0 aliphatic rings. The van der Waals surface area contributed by atoms with Gasteiger partial charge < -0.3 is 5.32 Å². The molecule has 1 heterocycles. The Morgan fingerprint density at radius 2 is 1.71 bits per heavy atom. The largest absolute Gasteiger partial charge is 0.418 e. The molecule has 0 atom stereocenters. The number of anilines is 1. The zero-order valence-corrected chi connectivity index (χ0v) is 16.7. The Hall–Kier alpha value is -3.67. The van der Waals surface area contributed by atoms with Crippen LogP contribution in [0, 0.1) is 0 Å². The van der Waals surface area contributed by atoms with Gasteiger partial charge in [0.05, 0.1) is 11.1 Å². The molecular weight excluding hydrogens is 401 g/mol. The Morgan fingerprint density at radius 1 is 0.968 bits per heavy atom. The van der Waals surface area contributed by atoms with E-state index in [1.807, 2.05) is 25.1 Å². The average Bonchev–Trinajstić information content (AvgIpc) is 2.77. The van der Waals surface area contributed by atoms with Crippen molar-refractivity contribution in [2.24, 2.45) is 0 Å². The van der Waals surface area contributed by atoms with Crippen molar-refractivity contribution in [2.75, 3.05) is 11.9 Å². The van der Waals surface area contributed by atoms with E-state index in [9.17, 15) is 18.0 Å². The van der Waals surface area contributed by atoms with Crippen LogP contribution in [-0.2, 0) is 6.18 Å². The topological polar surface area (TPSA) is 42.0 Å². The van der Waals surface area contributed by atoms with E-state index in [4.69, 9.17) is 0 Å². The van der Waals surface area contributed by atoms with Gasteiger partial charge in [-0.25, -0.2) is 0 Å². The molecule has 3 nitrogen and oxygen atoms in total. The van der Waals surface area contributed by atoms with Crippen LogP contribution in [0.25, 0.3) is 22.0 Å². The lowest BCUT2D eigenvalue weighted by molar-refractivity contribution is -0.136. The number of benzene rings is 3. The maximum atomic E-state index is 13.6. The predicted octanol–water partition coefficient (Wildman–Crippen LogP) is 6.58. The van der Waals surface area contributed by atoms with Crippen LogP contribution in [0.15, 0.2) is 79.0 Å². The number of carbonyl (C=O) groups is 1. The number of halogens is 3. The summed E-state index contributed by atoms with van der Waals surface area (Å²) in [5.74, 6) is -0.295. The van der Waals surface area contributed by atoms with E-state index in [0.717, 1.165) is 11.8 Å². The quantitative estimate of drug-likeness (QED) is 0.371. The molecule has 0 aliphatic heterocycles. The number of alkyl halides is 3. The van der Waals surface area contributed by atoms with Crippen molar-refractivity contribution in [1.82, 2.24) is 4.98 Å². The molecule has 4 aromatic rings. The first-order chi connectivity index (χ1) is 14.9. The van der Waals surface area contributed by atoms with Crippen LogP contribution in [0.5, 0.6) is 0 Å². The van der Waals surface area contributed by atoms with Gasteiger partial charge in [0.2, 0.25) is 0 Å². The highest BCUT2D eigenvalue weighted by Gasteiger charge is 2.34. The molecule has 1 N–H and O–H groups in total. The summed E-state index contributed by atoms with van der Waals surface area (Å²) in [6.45, 7) is 2.64. The minimum absolute atomic E-state index is 0.177. The molecule has 0 amide bonds. The number of para-hydroxylation sites is 1. The number of pyridine rings is 1. The van der Waals surface area contributed by atoms with Gasteiger partial charge in [0.15, 0.2) is 5.78 Å². The SMILES string of the molecule is CCNc1cccc(-c2c(C(=O)c3ccccc3)cnc3c(C(F)(F)F)cccc23)c1. The lowest BCUT2D eigenvalue weighted by atomic mass is 9.91. The monoisotopic (exact) mass is 420 g/mol. The summed E-state index contributed by atoms with van der Waals surface area (Å²) >= 11 is 0. The molecule has 0 aliphatic carbocycles. The molecule has 0 unspecified atom stereocenters. The predicted molar refractivity (Wildman–Crippen MR) is 116 cm³/mol. The van der Waals surface area contributed by atoms with Gasteiger partial charge in [0.1, 0.15) is 0 Å². The molecule has 6 heteroatoms. The van der Waals surface area contributed by atoms with E-state index in [0.29, 0.717) is 23.2 Å². The van der Waals surface area contributed by atoms with Crippen LogP contribution in [0.4, 0.5) is 18.9 Å². The van der Waals surface area contributed by atoms with Gasteiger partial charge in [-0.1, -0.05) is 54.6 Å². The maximum Gasteiger partial charge on any atom is 0.418 e. The molecule has 4 rings (SSSR count). The third-order valence-corrected chi connectivity index (χ3v) is 5.02. The van der Waals surface area contributed by atoms with E-state index in [1.54, 1.807) is 42.5 Å². The van der Waals surface area contributed by atoms with Gasteiger partial charge in [-0.3, -0.25) is 9.78 Å². The first-order valence-electron chi connectivity index (χ1n) is 9.83. The van der Waals surface area contributed by atoms with Gasteiger partial charge >= 0.3 is 6.18 Å². The number of nitrogens with zero attached hydrogens (tertiary/aromatic N) is 1. The van der Waals surface area contributed by atoms with E-state index in [2.05, 4.69) is 10.3 Å². The Kier molecular flexibility index (Phi) is 5.46. The summed E-state index contributed by atoms with van der Waals surface area (Å²) in [7, 11) is 0. The number of hydrogen-bond donors (Lipinski definition) is 1. The summed E-state index contributed by atoms with van der Waals surface area (Å²) in [6, 6.07) is 19.9. The van der Waals surface area contributed by atoms with Crippen molar-refractivity contribution < 1.29 is 18.0 Å². The highest BCUT2D eigenvalue weighted by Crippen LogP contribution is 2.39. The van der Waals surface area contributed by atoms with Crippen molar-refractivity contribution >= 4 is 22.4 Å². The van der Waals surface area contributed by atoms with E-state index in [1.165, 1.54) is 12.3 Å². The summed E-state index contributed by atoms with van der Waals surface area (Å²) in [5, 5.41) is 3.48. The van der Waals surface area contributed by atoms with Crippen molar-refractivity contribution in [3.63, 3.8) is 0 Å². The molecule has 31 heavy (non-hydrogen) atoms. The Balaban J connectivity index is 2.03. The number of nitrogens with one attached hydrogen (secondary N) is 1. The molecule has 3 aromatic carbocycles. The lowest BCUT2D eigenvalue weighted by Gasteiger charge is -2.16. The molecule has 0 spiro atoms. The molecule has 0 saturated carbocycles. The van der Waals surface area contributed by atoms with Crippen molar-refractivity contribution in [1.29, 1.82) is 0 Å². The van der Waals surface area contributed by atoms with Gasteiger partial charge in [-0.05, 0) is 30.7 Å². The van der Waals surface area contributed by atoms with Crippen LogP contribution in [0.3, 0.4) is 0 Å². The fourth-order valence-electron chi connectivity index (χ4n) is 3.67. The Bertz CT molecular complexity index is 1250. The summed E-state index contributed by atoms with van der Waals surface area (Å²) in [5.41, 5.74) is 1.59. The van der Waals surface area contributed by atoms with Gasteiger partial charge in [0, 0.05) is 40.5 Å². The zero-order chi connectivity index (χ0) is 22.0. The second kappa shape index (κ2) is 8.22. The molecule has 156 valence electrons. The highest BCUT2D eigenvalue weighted by molar-refractivity contribution is 6.16. The molecule has 0 saturated heterocycles. The molecule has 0 radical (unpaired) electrons. The van der Waals surface area contributed by atoms with Crippen LogP contribution in [0.2, 0.25) is 0 Å². The maximum absolute atomic E-state index is 13.6. The number of ketones is 1. The third kappa shape index (κ3) is 4.01. The number of fused-ring (bicyclic) bond motifs is 1. The van der Waals surface area contributed by atoms with Crippen LogP contribution >= 0.6 is 0 Å². The Labute approximate surface area is 177 Å². The molecular formula is C25H19F3N2O. The molecule has 0 bridgehead atoms. The van der Waals surface area contributed by atoms with Crippen LogP contribution in [-0.4, -0.2) is 17.3 Å². The zero-order valence-electron chi connectivity index (χ0n) is 16.7. The Morgan fingerprint density at radius 3 is 2.42 bits per heavy atom. The van der Waals surface area contributed by atoms with Gasteiger partial charge in [-0.15, -0.1) is 0 Å². The molecule has 0 fully saturated rings. The first-order valence-corrected chi connectivity index (χ1v) is 9.83. The van der Waals surface area contributed by atoms with Crippen LogP contribution < -0.4 is 5.32 Å². The van der Waals surface area contributed by atoms with Crippen molar-refractivity contribution in [3.05, 3.63) is 95.7 Å². The highest BCUT2D eigenvalue weighted by atomic mass is 19.4. The normalized spacial score (nSPS) is 11.5. The first kappa shape index (κ1) is 20.6. The van der Waals surface area contributed by atoms with E-state index < -0.39 is 11.7 Å². The fraction of sp³-hybridized carbons (Fsp3) is 0.120. The van der Waals surface area contributed by atoms with Gasteiger partial charge in [0.25, 0.3) is 0 Å². The minimum atomic E-state index is -4.56. The van der Waals surface area contributed by atoms with Gasteiger partial charge in [-0.2, -0.15) is 13.2 Å². The van der Waals surface area contributed by atoms with Crippen molar-refractivity contribution in [3.8, 4) is 11.1 Å². The second-order valence-corrected chi connectivity index (χ2v) is 7.05. The number of aromatic nitrogens is 1. The van der Waals surface area contributed by atoms with E-state index in [-0.39, 0.29) is 22.2 Å². The molecule has 1 aromatic heterocycles. The number of carbonyl (C=O) groups excluding carboxylic acids is 1.